The van der Waals surface area contributed by atoms with Gasteiger partial charge in [0.1, 0.15) is 6.04 Å². The third kappa shape index (κ3) is 2.70. The van der Waals surface area contributed by atoms with Crippen LogP contribution in [0.1, 0.15) is 21.5 Å². The predicted octanol–water partition coefficient (Wildman–Crippen LogP) is 1.75. The Labute approximate surface area is 132 Å². The number of carboxylic acids is 1. The molecule has 1 aliphatic rings. The molecule has 2 aromatic carbocycles. The summed E-state index contributed by atoms with van der Waals surface area (Å²) >= 11 is 0. The average molecular weight is 313 g/mol. The fourth-order valence-corrected chi connectivity index (χ4v) is 2.79. The third-order valence-corrected chi connectivity index (χ3v) is 3.99. The van der Waals surface area contributed by atoms with E-state index in [2.05, 4.69) is 0 Å². The number of phenols is 2. The molecule has 3 rings (SSSR count). The number of rotatable bonds is 2. The van der Waals surface area contributed by atoms with Crippen LogP contribution in [-0.4, -0.2) is 38.1 Å². The topological polar surface area (TPSA) is 98.1 Å². The van der Waals surface area contributed by atoms with E-state index in [4.69, 9.17) is 0 Å². The number of benzene rings is 2. The number of hydrogen-bond donors (Lipinski definition) is 3. The summed E-state index contributed by atoms with van der Waals surface area (Å²) in [4.78, 5) is 25.5. The summed E-state index contributed by atoms with van der Waals surface area (Å²) in [6.07, 6.45) is 0.0804. The number of carbonyl (C=O) groups excluding carboxylic acids is 1. The predicted molar refractivity (Wildman–Crippen MR) is 81.2 cm³/mol. The smallest absolute Gasteiger partial charge is 0.326 e. The second kappa shape index (κ2) is 5.64. The summed E-state index contributed by atoms with van der Waals surface area (Å²) in [5.74, 6) is -2.07. The van der Waals surface area contributed by atoms with E-state index in [9.17, 15) is 24.9 Å². The standard InChI is InChI=1S/C17H15NO5/c19-14-7-11-6-13(17(22)23)18(9-12(11)8-15(14)20)16(21)10-4-2-1-3-5-10/h1-5,7-8,13,19-20H,6,9H2,(H,22,23)/t13-/m0/s1. The number of nitrogens with zero attached hydrogens (tertiary/aromatic N) is 1. The van der Waals surface area contributed by atoms with Gasteiger partial charge in [-0.15, -0.1) is 0 Å². The Morgan fingerprint density at radius 1 is 1.00 bits per heavy atom. The Morgan fingerprint density at radius 3 is 2.22 bits per heavy atom. The lowest BCUT2D eigenvalue weighted by molar-refractivity contribution is -0.142. The van der Waals surface area contributed by atoms with Crippen molar-refractivity contribution in [2.24, 2.45) is 0 Å². The van der Waals surface area contributed by atoms with Crippen LogP contribution in [0, 0.1) is 0 Å². The molecule has 1 atom stereocenters. The first-order valence-corrected chi connectivity index (χ1v) is 7.10. The summed E-state index contributed by atoms with van der Waals surface area (Å²) in [6, 6.07) is 10.2. The van der Waals surface area contributed by atoms with Crippen LogP contribution in [0.2, 0.25) is 0 Å². The molecule has 3 N–H and O–H groups in total. The van der Waals surface area contributed by atoms with Crippen molar-refractivity contribution in [2.75, 3.05) is 0 Å². The van der Waals surface area contributed by atoms with Gasteiger partial charge in [0.25, 0.3) is 5.91 Å². The van der Waals surface area contributed by atoms with Crippen molar-refractivity contribution >= 4 is 11.9 Å². The highest BCUT2D eigenvalue weighted by Crippen LogP contribution is 2.33. The summed E-state index contributed by atoms with van der Waals surface area (Å²) in [5.41, 5.74) is 1.65. The molecule has 23 heavy (non-hydrogen) atoms. The maximum absolute atomic E-state index is 12.6. The van der Waals surface area contributed by atoms with Crippen molar-refractivity contribution in [3.8, 4) is 11.5 Å². The number of amides is 1. The largest absolute Gasteiger partial charge is 0.504 e. The summed E-state index contributed by atoms with van der Waals surface area (Å²) in [7, 11) is 0. The maximum Gasteiger partial charge on any atom is 0.326 e. The van der Waals surface area contributed by atoms with Gasteiger partial charge in [-0.25, -0.2) is 4.79 Å². The quantitative estimate of drug-likeness (QED) is 0.734. The minimum Gasteiger partial charge on any atom is -0.504 e. The van der Waals surface area contributed by atoms with Gasteiger partial charge in [0.05, 0.1) is 0 Å². The highest BCUT2D eigenvalue weighted by Gasteiger charge is 2.35. The van der Waals surface area contributed by atoms with Gasteiger partial charge in [0.2, 0.25) is 0 Å². The molecule has 2 aromatic rings. The summed E-state index contributed by atoms with van der Waals surface area (Å²) in [6.45, 7) is 0.0634. The van der Waals surface area contributed by atoms with E-state index in [0.717, 1.165) is 0 Å². The highest BCUT2D eigenvalue weighted by molar-refractivity contribution is 5.97. The van der Waals surface area contributed by atoms with E-state index in [0.29, 0.717) is 16.7 Å². The molecular formula is C17H15NO5. The first kappa shape index (κ1) is 14.9. The van der Waals surface area contributed by atoms with Crippen LogP contribution in [0.3, 0.4) is 0 Å². The second-order valence-corrected chi connectivity index (χ2v) is 5.47. The van der Waals surface area contributed by atoms with Gasteiger partial charge in [-0.2, -0.15) is 0 Å². The van der Waals surface area contributed by atoms with Crippen molar-refractivity contribution in [3.63, 3.8) is 0 Å². The summed E-state index contributed by atoms with van der Waals surface area (Å²) < 4.78 is 0. The number of carboxylic acid groups (broad SMARTS) is 1. The number of aromatic hydroxyl groups is 2. The highest BCUT2D eigenvalue weighted by atomic mass is 16.4. The van der Waals surface area contributed by atoms with Gasteiger partial charge in [0, 0.05) is 18.5 Å². The van der Waals surface area contributed by atoms with Crippen molar-refractivity contribution < 1.29 is 24.9 Å². The molecule has 118 valence electrons. The first-order valence-electron chi connectivity index (χ1n) is 7.10. The molecule has 0 radical (unpaired) electrons. The van der Waals surface area contributed by atoms with Crippen LogP contribution in [0.4, 0.5) is 0 Å². The third-order valence-electron chi connectivity index (χ3n) is 3.99. The zero-order valence-electron chi connectivity index (χ0n) is 12.1. The summed E-state index contributed by atoms with van der Waals surface area (Å²) in [5, 5.41) is 28.6. The average Bonchev–Trinajstić information content (AvgIpc) is 2.55. The van der Waals surface area contributed by atoms with E-state index in [1.165, 1.54) is 17.0 Å². The van der Waals surface area contributed by atoms with Crippen LogP contribution in [-0.2, 0) is 17.8 Å². The van der Waals surface area contributed by atoms with Crippen LogP contribution >= 0.6 is 0 Å². The monoisotopic (exact) mass is 313 g/mol. The molecule has 0 spiro atoms. The van der Waals surface area contributed by atoms with Crippen molar-refractivity contribution in [1.82, 2.24) is 4.90 Å². The molecule has 1 aliphatic heterocycles. The van der Waals surface area contributed by atoms with Gasteiger partial charge in [-0.05, 0) is 35.4 Å². The number of carbonyl (C=O) groups is 2. The molecule has 6 nitrogen and oxygen atoms in total. The molecular weight excluding hydrogens is 298 g/mol. The minimum absolute atomic E-state index is 0.0634. The normalized spacial score (nSPS) is 16.7. The Balaban J connectivity index is 2.00. The Morgan fingerprint density at radius 2 is 1.61 bits per heavy atom. The SMILES string of the molecule is O=C(O)[C@@H]1Cc2cc(O)c(O)cc2CN1C(=O)c1ccccc1. The fraction of sp³-hybridized carbons (Fsp3) is 0.176. The van der Waals surface area contributed by atoms with Gasteiger partial charge >= 0.3 is 5.97 Å². The lowest BCUT2D eigenvalue weighted by Crippen LogP contribution is -2.48. The minimum atomic E-state index is -1.10. The Hall–Kier alpha value is -3.02. The van der Waals surface area contributed by atoms with Crippen LogP contribution in [0.5, 0.6) is 11.5 Å². The fourth-order valence-electron chi connectivity index (χ4n) is 2.79. The van der Waals surface area contributed by atoms with E-state index < -0.39 is 12.0 Å². The van der Waals surface area contributed by atoms with E-state index in [1.807, 2.05) is 0 Å². The molecule has 0 saturated carbocycles. The van der Waals surface area contributed by atoms with Gasteiger partial charge in [-0.1, -0.05) is 18.2 Å². The number of fused-ring (bicyclic) bond motifs is 1. The molecule has 6 heteroatoms. The van der Waals surface area contributed by atoms with Gasteiger partial charge in [0.15, 0.2) is 11.5 Å². The zero-order chi connectivity index (χ0) is 16.6. The van der Waals surface area contributed by atoms with E-state index in [-0.39, 0.29) is 30.4 Å². The van der Waals surface area contributed by atoms with Crippen LogP contribution in [0.15, 0.2) is 42.5 Å². The van der Waals surface area contributed by atoms with Gasteiger partial charge in [-0.3, -0.25) is 4.79 Å². The molecule has 0 fully saturated rings. The van der Waals surface area contributed by atoms with E-state index >= 15 is 0 Å². The van der Waals surface area contributed by atoms with Crippen LogP contribution < -0.4 is 0 Å². The molecule has 1 heterocycles. The molecule has 0 bridgehead atoms. The lowest BCUT2D eigenvalue weighted by atomic mass is 9.92. The Kier molecular flexibility index (Phi) is 3.65. The molecule has 0 unspecified atom stereocenters. The lowest BCUT2D eigenvalue weighted by Gasteiger charge is -2.34. The van der Waals surface area contributed by atoms with E-state index in [1.54, 1.807) is 30.3 Å². The Bertz CT molecular complexity index is 772. The zero-order valence-corrected chi connectivity index (χ0v) is 12.1. The molecule has 0 saturated heterocycles. The molecule has 0 aliphatic carbocycles. The van der Waals surface area contributed by atoms with Crippen molar-refractivity contribution in [3.05, 3.63) is 59.2 Å². The number of phenolic OH excluding ortho intramolecular Hbond substituents is 2. The van der Waals surface area contributed by atoms with Crippen LogP contribution in [0.25, 0.3) is 0 Å². The number of aliphatic carboxylic acids is 1. The second-order valence-electron chi connectivity index (χ2n) is 5.47. The molecule has 1 amide bonds. The molecule has 0 aromatic heterocycles. The maximum atomic E-state index is 12.6. The van der Waals surface area contributed by atoms with Gasteiger partial charge < -0.3 is 20.2 Å². The number of hydrogen-bond acceptors (Lipinski definition) is 4. The van der Waals surface area contributed by atoms with Crippen molar-refractivity contribution in [2.45, 2.75) is 19.0 Å². The first-order chi connectivity index (χ1) is 11.0. The van der Waals surface area contributed by atoms with Crippen molar-refractivity contribution in [1.29, 1.82) is 0 Å².